The van der Waals surface area contributed by atoms with Gasteiger partial charge in [-0.05, 0) is 49.4 Å². The van der Waals surface area contributed by atoms with Gasteiger partial charge in [0.25, 0.3) is 5.91 Å². The third-order valence-corrected chi connectivity index (χ3v) is 5.11. The molecule has 0 aliphatic carbocycles. The van der Waals surface area contributed by atoms with Crippen molar-refractivity contribution in [3.63, 3.8) is 0 Å². The number of carbonyl (C=O) groups is 1. The topological polar surface area (TPSA) is 20.3 Å². The Bertz CT molecular complexity index is 692. The van der Waals surface area contributed by atoms with Gasteiger partial charge in [0.15, 0.2) is 0 Å². The highest BCUT2D eigenvalue weighted by molar-refractivity contribution is 7.14. The zero-order valence-electron chi connectivity index (χ0n) is 12.3. The first-order valence-corrected chi connectivity index (χ1v) is 8.12. The Morgan fingerprint density at radius 3 is 2.95 bits per heavy atom. The van der Waals surface area contributed by atoms with E-state index in [9.17, 15) is 9.18 Å². The average Bonchev–Trinajstić information content (AvgIpc) is 2.87. The first kappa shape index (κ1) is 14.3. The van der Waals surface area contributed by atoms with Gasteiger partial charge in [-0.3, -0.25) is 4.79 Å². The number of nitrogens with zero attached hydrogens (tertiary/aromatic N) is 1. The van der Waals surface area contributed by atoms with Crippen LogP contribution in [0.2, 0.25) is 0 Å². The molecular formula is C17H18FNOS. The Labute approximate surface area is 128 Å². The fraction of sp³-hybridized carbons (Fsp3) is 0.353. The predicted octanol–water partition coefficient (Wildman–Crippen LogP) is 4.35. The van der Waals surface area contributed by atoms with Gasteiger partial charge < -0.3 is 4.90 Å². The predicted molar refractivity (Wildman–Crippen MR) is 84.8 cm³/mol. The molecule has 3 rings (SSSR count). The molecule has 110 valence electrons. The summed E-state index contributed by atoms with van der Waals surface area (Å²) >= 11 is 1.51. The van der Waals surface area contributed by atoms with Gasteiger partial charge in [-0.15, -0.1) is 11.3 Å². The van der Waals surface area contributed by atoms with Gasteiger partial charge in [-0.1, -0.05) is 19.1 Å². The Morgan fingerprint density at radius 1 is 1.43 bits per heavy atom. The van der Waals surface area contributed by atoms with Crippen molar-refractivity contribution >= 4 is 22.9 Å². The van der Waals surface area contributed by atoms with Crippen LogP contribution in [-0.4, -0.2) is 12.5 Å². The zero-order valence-corrected chi connectivity index (χ0v) is 13.1. The molecule has 0 spiro atoms. The van der Waals surface area contributed by atoms with Crippen molar-refractivity contribution < 1.29 is 9.18 Å². The maximum Gasteiger partial charge on any atom is 0.268 e. The van der Waals surface area contributed by atoms with Crippen LogP contribution >= 0.6 is 11.3 Å². The highest BCUT2D eigenvalue weighted by Gasteiger charge is 2.27. The van der Waals surface area contributed by atoms with E-state index < -0.39 is 0 Å². The van der Waals surface area contributed by atoms with E-state index in [-0.39, 0.29) is 11.7 Å². The number of rotatable bonds is 2. The van der Waals surface area contributed by atoms with Crippen molar-refractivity contribution in [2.75, 3.05) is 11.4 Å². The molecular weight excluding hydrogens is 285 g/mol. The number of amides is 1. The number of halogens is 1. The molecule has 2 nitrogen and oxygen atoms in total. The minimum absolute atomic E-state index is 0.0751. The lowest BCUT2D eigenvalue weighted by Gasteiger charge is -2.29. The summed E-state index contributed by atoms with van der Waals surface area (Å²) < 4.78 is 14.2. The third kappa shape index (κ3) is 2.48. The Kier molecular flexibility index (Phi) is 3.81. The summed E-state index contributed by atoms with van der Waals surface area (Å²) in [7, 11) is 0. The number of hydrogen-bond acceptors (Lipinski definition) is 2. The number of anilines is 1. The first-order chi connectivity index (χ1) is 10.1. The highest BCUT2D eigenvalue weighted by atomic mass is 32.1. The molecule has 21 heavy (non-hydrogen) atoms. The molecule has 2 aromatic rings. The maximum atomic E-state index is 14.2. The van der Waals surface area contributed by atoms with Crippen LogP contribution in [0.15, 0.2) is 24.3 Å². The van der Waals surface area contributed by atoms with Crippen LogP contribution in [0.25, 0.3) is 0 Å². The van der Waals surface area contributed by atoms with E-state index in [0.29, 0.717) is 17.1 Å². The number of thiophene rings is 1. The molecule has 1 aromatic heterocycles. The second kappa shape index (κ2) is 5.60. The monoisotopic (exact) mass is 303 g/mol. The van der Waals surface area contributed by atoms with Gasteiger partial charge in [-0.2, -0.15) is 0 Å². The van der Waals surface area contributed by atoms with Crippen LogP contribution < -0.4 is 4.90 Å². The number of para-hydroxylation sites is 1. The molecule has 0 saturated carbocycles. The van der Waals surface area contributed by atoms with E-state index in [4.69, 9.17) is 0 Å². The number of benzene rings is 1. The maximum absolute atomic E-state index is 14.2. The van der Waals surface area contributed by atoms with Crippen molar-refractivity contribution in [1.29, 1.82) is 0 Å². The average molecular weight is 303 g/mol. The number of aryl methyl sites for hydroxylation is 3. The van der Waals surface area contributed by atoms with Crippen LogP contribution in [0.4, 0.5) is 10.1 Å². The van der Waals surface area contributed by atoms with Gasteiger partial charge in [-0.25, -0.2) is 4.39 Å². The van der Waals surface area contributed by atoms with Crippen molar-refractivity contribution in [2.24, 2.45) is 0 Å². The first-order valence-electron chi connectivity index (χ1n) is 7.30. The second-order valence-electron chi connectivity index (χ2n) is 5.35. The molecule has 0 radical (unpaired) electrons. The van der Waals surface area contributed by atoms with E-state index in [0.717, 1.165) is 24.8 Å². The number of fused-ring (bicyclic) bond motifs is 1. The number of carbonyl (C=O) groups excluding carboxylic acids is 1. The van der Waals surface area contributed by atoms with Crippen molar-refractivity contribution in [1.82, 2.24) is 0 Å². The molecule has 1 aromatic carbocycles. The van der Waals surface area contributed by atoms with E-state index in [2.05, 4.69) is 6.92 Å². The molecule has 0 fully saturated rings. The molecule has 4 heteroatoms. The van der Waals surface area contributed by atoms with E-state index in [1.54, 1.807) is 11.0 Å². The van der Waals surface area contributed by atoms with Crippen LogP contribution in [0.3, 0.4) is 0 Å². The summed E-state index contributed by atoms with van der Waals surface area (Å²) in [6.45, 7) is 4.70. The molecule has 1 aliphatic rings. The lowest BCUT2D eigenvalue weighted by atomic mass is 10.0. The summed E-state index contributed by atoms with van der Waals surface area (Å²) in [5.41, 5.74) is 2.60. The van der Waals surface area contributed by atoms with Gasteiger partial charge in [0.05, 0.1) is 10.6 Å². The lowest BCUT2D eigenvalue weighted by Crippen LogP contribution is -2.35. The van der Waals surface area contributed by atoms with Crippen LogP contribution in [0, 0.1) is 12.7 Å². The third-order valence-electron chi connectivity index (χ3n) is 4.03. The smallest absolute Gasteiger partial charge is 0.268 e. The fourth-order valence-corrected chi connectivity index (χ4v) is 3.98. The molecule has 0 atom stereocenters. The van der Waals surface area contributed by atoms with Gasteiger partial charge >= 0.3 is 0 Å². The van der Waals surface area contributed by atoms with E-state index in [1.165, 1.54) is 27.8 Å². The molecule has 0 unspecified atom stereocenters. The molecule has 2 heterocycles. The minimum Gasteiger partial charge on any atom is -0.305 e. The largest absolute Gasteiger partial charge is 0.305 e. The molecule has 0 bridgehead atoms. The van der Waals surface area contributed by atoms with Crippen molar-refractivity contribution in [3.05, 3.63) is 51.0 Å². The summed E-state index contributed by atoms with van der Waals surface area (Å²) in [6.07, 6.45) is 2.63. The normalized spacial score (nSPS) is 14.1. The molecule has 0 N–H and O–H groups in total. The Morgan fingerprint density at radius 2 is 2.24 bits per heavy atom. The standard InChI is InChI=1S/C17H18FNOS/c1-3-12-10-15(21-11(12)2)17(20)19-9-5-7-13-6-4-8-14(18)16(13)19/h4,6,8,10H,3,5,7,9H2,1-2H3. The van der Waals surface area contributed by atoms with Crippen LogP contribution in [0.5, 0.6) is 0 Å². The quantitative estimate of drug-likeness (QED) is 0.807. The van der Waals surface area contributed by atoms with Crippen molar-refractivity contribution in [2.45, 2.75) is 33.1 Å². The lowest BCUT2D eigenvalue weighted by molar-refractivity contribution is 0.0988. The van der Waals surface area contributed by atoms with Gasteiger partial charge in [0.2, 0.25) is 0 Å². The second-order valence-corrected chi connectivity index (χ2v) is 6.61. The molecule has 1 aliphatic heterocycles. The number of hydrogen-bond donors (Lipinski definition) is 0. The minimum atomic E-state index is -0.301. The summed E-state index contributed by atoms with van der Waals surface area (Å²) in [5.74, 6) is -0.376. The van der Waals surface area contributed by atoms with E-state index >= 15 is 0 Å². The summed E-state index contributed by atoms with van der Waals surface area (Å²) in [6, 6.07) is 7.01. The summed E-state index contributed by atoms with van der Waals surface area (Å²) in [5, 5.41) is 0. The Hall–Kier alpha value is -1.68. The zero-order chi connectivity index (χ0) is 15.0. The van der Waals surface area contributed by atoms with Gasteiger partial charge in [0, 0.05) is 11.4 Å². The van der Waals surface area contributed by atoms with Crippen molar-refractivity contribution in [3.8, 4) is 0 Å². The van der Waals surface area contributed by atoms with E-state index in [1.807, 2.05) is 19.1 Å². The van der Waals surface area contributed by atoms with Crippen LogP contribution in [0.1, 0.15) is 39.0 Å². The molecule has 1 amide bonds. The Balaban J connectivity index is 2.00. The van der Waals surface area contributed by atoms with Gasteiger partial charge in [0.1, 0.15) is 5.82 Å². The SMILES string of the molecule is CCc1cc(C(=O)N2CCCc3cccc(F)c32)sc1C. The van der Waals surface area contributed by atoms with Crippen LogP contribution in [-0.2, 0) is 12.8 Å². The summed E-state index contributed by atoms with van der Waals surface area (Å²) in [4.78, 5) is 16.3. The fourth-order valence-electron chi connectivity index (χ4n) is 2.92. The molecule has 0 saturated heterocycles. The highest BCUT2D eigenvalue weighted by Crippen LogP contribution is 2.32.